The number of anilines is 1. The van der Waals surface area contributed by atoms with Crippen LogP contribution in [0.1, 0.15) is 34.7 Å². The van der Waals surface area contributed by atoms with Crippen LogP contribution in [0.4, 0.5) is 5.69 Å². The number of rotatable bonds is 8. The van der Waals surface area contributed by atoms with Crippen molar-refractivity contribution in [2.45, 2.75) is 25.9 Å². The Morgan fingerprint density at radius 3 is 2.59 bits per heavy atom. The summed E-state index contributed by atoms with van der Waals surface area (Å²) in [4.78, 5) is 6.70. The lowest BCUT2D eigenvalue weighted by molar-refractivity contribution is 0.146. The van der Waals surface area contributed by atoms with E-state index in [9.17, 15) is 5.11 Å². The fourth-order valence-corrected chi connectivity index (χ4v) is 5.82. The molecule has 1 aliphatic heterocycles. The molecule has 2 aromatic carbocycles. The minimum atomic E-state index is -0.259. The number of ether oxygens (including phenoxy) is 2. The zero-order valence-corrected chi connectivity index (χ0v) is 24.0. The van der Waals surface area contributed by atoms with E-state index in [0.29, 0.717) is 39.8 Å². The maximum absolute atomic E-state index is 10.7. The fraction of sp³-hybridized carbons (Fsp3) is 0.241. The van der Waals surface area contributed by atoms with Gasteiger partial charge in [-0.15, -0.1) is 0 Å². The number of aromatic nitrogens is 2. The summed E-state index contributed by atoms with van der Waals surface area (Å²) in [5, 5.41) is 15.7. The van der Waals surface area contributed by atoms with Crippen molar-refractivity contribution in [1.82, 2.24) is 14.9 Å². The Balaban J connectivity index is 1.62. The Kier molecular flexibility index (Phi) is 8.00. The normalized spacial score (nSPS) is 16.9. The van der Waals surface area contributed by atoms with Crippen LogP contribution in [0.15, 0.2) is 66.9 Å². The Bertz CT molecular complexity index is 1510. The number of aryl methyl sites for hydroxylation is 1. The van der Waals surface area contributed by atoms with Crippen molar-refractivity contribution in [3.05, 3.63) is 99.6 Å². The number of halogens is 2. The third-order valence-corrected chi connectivity index (χ3v) is 7.65. The molecule has 0 unspecified atom stereocenters. The van der Waals surface area contributed by atoms with Gasteiger partial charge in [0.2, 0.25) is 0 Å². The van der Waals surface area contributed by atoms with Crippen molar-refractivity contribution < 1.29 is 14.6 Å². The van der Waals surface area contributed by atoms with Crippen molar-refractivity contribution in [1.29, 1.82) is 0 Å². The van der Waals surface area contributed by atoms with Gasteiger partial charge in [-0.2, -0.15) is 0 Å². The van der Waals surface area contributed by atoms with Crippen LogP contribution in [0.25, 0.3) is 5.69 Å². The number of phenols is 1. The van der Waals surface area contributed by atoms with Gasteiger partial charge < -0.3 is 29.4 Å². The molecule has 39 heavy (non-hydrogen) atoms. The van der Waals surface area contributed by atoms with Crippen LogP contribution in [0.2, 0.25) is 10.0 Å². The molecule has 7 nitrogen and oxygen atoms in total. The molecule has 10 heteroatoms. The quantitative estimate of drug-likeness (QED) is 0.177. The molecule has 0 aliphatic carbocycles. The summed E-state index contributed by atoms with van der Waals surface area (Å²) in [6.45, 7) is 4.88. The maximum Gasteiger partial charge on any atom is 0.174 e. The topological polar surface area (TPSA) is 71.8 Å². The van der Waals surface area contributed by atoms with Gasteiger partial charge in [-0.3, -0.25) is 4.98 Å². The zero-order chi connectivity index (χ0) is 27.7. The second-order valence-corrected chi connectivity index (χ2v) is 10.5. The van der Waals surface area contributed by atoms with Crippen molar-refractivity contribution in [3.63, 3.8) is 0 Å². The minimum absolute atomic E-state index is 0.141. The Morgan fingerprint density at radius 2 is 1.87 bits per heavy atom. The highest BCUT2D eigenvalue weighted by atomic mass is 35.5. The standard InChI is InChI=1S/C29H28Cl2N4O3S/c1-17-14-21(18(2)34(17)24-15-19(30)7-9-25(24)36)28-27(23-6-4-5-11-32-23)33-29(39)35(28)20-8-10-26(22(31)16-20)38-13-12-37-3/h4-11,14-16,27-28,36H,12-13H2,1-3H3,(H,33,39)/t27-,28-/m0/s1. The number of methoxy groups -OCH3 is 1. The van der Waals surface area contributed by atoms with E-state index in [1.54, 1.807) is 31.5 Å². The number of thiocarbonyl (C=S) groups is 1. The van der Waals surface area contributed by atoms with Crippen molar-refractivity contribution >= 4 is 46.2 Å². The molecule has 5 rings (SSSR count). The number of benzene rings is 2. The van der Waals surface area contributed by atoms with Gasteiger partial charge in [-0.25, -0.2) is 0 Å². The van der Waals surface area contributed by atoms with Gasteiger partial charge in [0.15, 0.2) is 5.11 Å². The molecule has 2 aromatic heterocycles. The molecular formula is C29H28Cl2N4O3S. The van der Waals surface area contributed by atoms with Crippen molar-refractivity contribution in [2.24, 2.45) is 0 Å². The second-order valence-electron chi connectivity index (χ2n) is 9.25. The van der Waals surface area contributed by atoms with E-state index in [2.05, 4.69) is 21.3 Å². The first kappa shape index (κ1) is 27.3. The number of nitrogens with zero attached hydrogens (tertiary/aromatic N) is 3. The number of hydrogen-bond donors (Lipinski definition) is 2. The van der Waals surface area contributed by atoms with Gasteiger partial charge in [0.25, 0.3) is 0 Å². The monoisotopic (exact) mass is 582 g/mol. The van der Waals surface area contributed by atoms with E-state index in [-0.39, 0.29) is 17.8 Å². The molecule has 1 fully saturated rings. The number of nitrogens with one attached hydrogen (secondary N) is 1. The van der Waals surface area contributed by atoms with Gasteiger partial charge in [0.05, 0.1) is 35.1 Å². The third-order valence-electron chi connectivity index (χ3n) is 6.80. The molecule has 4 aromatic rings. The first-order valence-corrected chi connectivity index (χ1v) is 13.6. The SMILES string of the molecule is COCCOc1ccc(N2C(=S)N[C@@H](c3ccccn3)[C@@H]2c2cc(C)n(-c3cc(Cl)ccc3O)c2C)cc1Cl. The van der Waals surface area contributed by atoms with Crippen LogP contribution in [0.3, 0.4) is 0 Å². The summed E-state index contributed by atoms with van der Waals surface area (Å²) in [7, 11) is 1.62. The molecule has 202 valence electrons. The minimum Gasteiger partial charge on any atom is -0.506 e. The first-order valence-electron chi connectivity index (χ1n) is 12.4. The lowest BCUT2D eigenvalue weighted by Gasteiger charge is -2.28. The third kappa shape index (κ3) is 5.30. The van der Waals surface area contributed by atoms with Gasteiger partial charge in [-0.1, -0.05) is 29.3 Å². The summed E-state index contributed by atoms with van der Waals surface area (Å²) >= 11 is 18.8. The van der Waals surface area contributed by atoms with Crippen molar-refractivity contribution in [2.75, 3.05) is 25.2 Å². The molecule has 0 bridgehead atoms. The van der Waals surface area contributed by atoms with Gasteiger partial charge in [0, 0.05) is 35.4 Å². The van der Waals surface area contributed by atoms with E-state index < -0.39 is 0 Å². The highest BCUT2D eigenvalue weighted by Crippen LogP contribution is 2.45. The van der Waals surface area contributed by atoms with Crippen molar-refractivity contribution in [3.8, 4) is 17.2 Å². The molecule has 1 aliphatic rings. The molecular weight excluding hydrogens is 555 g/mol. The lowest BCUT2D eigenvalue weighted by Crippen LogP contribution is -2.29. The summed E-state index contributed by atoms with van der Waals surface area (Å²) in [6.07, 6.45) is 1.77. The Morgan fingerprint density at radius 1 is 1.05 bits per heavy atom. The molecule has 3 heterocycles. The molecule has 2 N–H and O–H groups in total. The van der Waals surface area contributed by atoms with Crippen LogP contribution in [0.5, 0.6) is 11.5 Å². The van der Waals surface area contributed by atoms with E-state index in [1.165, 1.54) is 0 Å². The summed E-state index contributed by atoms with van der Waals surface area (Å²) in [5.74, 6) is 0.713. The van der Waals surface area contributed by atoms with E-state index >= 15 is 0 Å². The summed E-state index contributed by atoms with van der Waals surface area (Å²) < 4.78 is 12.8. The predicted molar refractivity (Wildman–Crippen MR) is 159 cm³/mol. The zero-order valence-electron chi connectivity index (χ0n) is 21.7. The van der Waals surface area contributed by atoms with Gasteiger partial charge in [0.1, 0.15) is 18.1 Å². The van der Waals surface area contributed by atoms with Gasteiger partial charge >= 0.3 is 0 Å². The average molecular weight is 584 g/mol. The predicted octanol–water partition coefficient (Wildman–Crippen LogP) is 6.70. The highest BCUT2D eigenvalue weighted by Gasteiger charge is 2.42. The largest absolute Gasteiger partial charge is 0.506 e. The molecule has 1 saturated heterocycles. The number of hydrogen-bond acceptors (Lipinski definition) is 5. The smallest absolute Gasteiger partial charge is 0.174 e. The van der Waals surface area contributed by atoms with Crippen LogP contribution in [-0.2, 0) is 4.74 Å². The molecule has 0 spiro atoms. The summed E-state index contributed by atoms with van der Waals surface area (Å²) in [5.41, 5.74) is 5.18. The highest BCUT2D eigenvalue weighted by molar-refractivity contribution is 7.80. The molecule has 0 radical (unpaired) electrons. The Hall–Kier alpha value is -3.30. The number of phenolic OH excluding ortho intramolecular Hbond substituents is 1. The van der Waals surface area contributed by atoms with E-state index in [4.69, 9.17) is 44.9 Å². The number of aromatic hydroxyl groups is 1. The Labute approximate surface area is 242 Å². The van der Waals surface area contributed by atoms with Crippen LogP contribution in [-0.4, -0.2) is 40.1 Å². The van der Waals surface area contributed by atoms with E-state index in [1.807, 2.05) is 54.8 Å². The average Bonchev–Trinajstić information content (AvgIpc) is 3.42. The molecule has 2 atom stereocenters. The fourth-order valence-electron chi connectivity index (χ4n) is 5.07. The van der Waals surface area contributed by atoms with Crippen LogP contribution < -0.4 is 15.0 Å². The van der Waals surface area contributed by atoms with Crippen LogP contribution in [0, 0.1) is 13.8 Å². The maximum atomic E-state index is 10.7. The first-order chi connectivity index (χ1) is 18.8. The molecule has 0 saturated carbocycles. The second kappa shape index (κ2) is 11.4. The van der Waals surface area contributed by atoms with E-state index in [0.717, 1.165) is 28.3 Å². The molecule has 0 amide bonds. The van der Waals surface area contributed by atoms with Crippen LogP contribution >= 0.6 is 35.4 Å². The number of pyridine rings is 1. The summed E-state index contributed by atoms with van der Waals surface area (Å²) in [6, 6.07) is 18.1. The van der Waals surface area contributed by atoms with Gasteiger partial charge in [-0.05, 0) is 86.2 Å². The lowest BCUT2D eigenvalue weighted by atomic mass is 9.96.